The van der Waals surface area contributed by atoms with E-state index in [-0.39, 0.29) is 18.4 Å². The van der Waals surface area contributed by atoms with Crippen LogP contribution in [-0.4, -0.2) is 97.1 Å². The maximum Gasteiger partial charge on any atom is 0.472 e. The van der Waals surface area contributed by atoms with Crippen molar-refractivity contribution < 1.29 is 52.9 Å². The average Bonchev–Trinajstić information content (AvgIpc) is 3.39. The number of nitrogens with one attached hydrogen (secondary N) is 1. The molecule has 7 N–H and O–H groups in total. The number of carboxylic acid groups (broad SMARTS) is 1. The molecule has 0 aromatic carbocycles. The first-order valence-electron chi connectivity index (χ1n) is 11.6. The second kappa shape index (κ2) is 10.5. The van der Waals surface area contributed by atoms with Crippen LogP contribution in [0.5, 0.6) is 0 Å². The largest absolute Gasteiger partial charge is 0.481 e. The third-order valence-corrected chi connectivity index (χ3v) is 7.85. The van der Waals surface area contributed by atoms with Crippen LogP contribution in [0.3, 0.4) is 0 Å². The molecule has 38 heavy (non-hydrogen) atoms. The molecule has 18 heteroatoms. The second-order valence-corrected chi connectivity index (χ2v) is 11.1. The standard InChI is InChI=1S/C20H29N4O13P/c1-20(17(28)29)4-9-5-23(19(31)22-16(9)27)14-2-10(26)13(36-14)7-34-38(32,33)37-11-3-15(35-12(11)6-25)24(8-20)18(21)30/h5,10-15,25-26H,2-4,6-8H2,1H3,(H2,21,30)(H,28,29)(H,32,33)(H,22,27,31)/t10-,11-,12-,13-,14-,15-,20-/m1/s1/i28+2,29+2. The number of fused-ring (bicyclic) bond motifs is 7. The zero-order valence-corrected chi connectivity index (χ0v) is 21.1. The Morgan fingerprint density at radius 2 is 2.03 bits per heavy atom. The fraction of sp³-hybridized carbons (Fsp3) is 0.700. The number of carbonyl (C=O) groups excluding carboxylic acids is 1. The van der Waals surface area contributed by atoms with E-state index in [1.54, 1.807) is 0 Å². The van der Waals surface area contributed by atoms with Crippen molar-refractivity contribution in [1.29, 1.82) is 0 Å². The number of carbonyl (C=O) groups is 2. The summed E-state index contributed by atoms with van der Waals surface area (Å²) < 4.78 is 35.0. The molecular formula is C20H29N4O13P. The molecule has 0 radical (unpaired) electrons. The van der Waals surface area contributed by atoms with Gasteiger partial charge in [-0.25, -0.2) is 14.2 Å². The lowest BCUT2D eigenvalue weighted by Crippen LogP contribution is -2.52. The van der Waals surface area contributed by atoms with Gasteiger partial charge in [0.1, 0.15) is 30.8 Å². The molecule has 6 bridgehead atoms. The van der Waals surface area contributed by atoms with Crippen molar-refractivity contribution in [2.45, 2.75) is 63.1 Å². The topological polar surface area (TPSA) is 253 Å². The number of nitrogens with two attached hydrogens (primary N) is 1. The third-order valence-electron chi connectivity index (χ3n) is 6.83. The first kappa shape index (κ1) is 28.4. The molecule has 212 valence electrons. The lowest BCUT2D eigenvalue weighted by molar-refractivity contribution is -0.150. The van der Waals surface area contributed by atoms with E-state index < -0.39 is 99.5 Å². The zero-order valence-electron chi connectivity index (χ0n) is 20.2. The summed E-state index contributed by atoms with van der Waals surface area (Å²) in [6.45, 7) is -0.642. The first-order valence-corrected chi connectivity index (χ1v) is 13.1. The van der Waals surface area contributed by atoms with Gasteiger partial charge in [0.05, 0.1) is 24.7 Å². The molecule has 2 fully saturated rings. The summed E-state index contributed by atoms with van der Waals surface area (Å²) in [6.07, 6.45) is -7.09. The minimum atomic E-state index is -4.83. The Hall–Kier alpha value is -2.63. The number of aliphatic hydroxyl groups is 2. The highest BCUT2D eigenvalue weighted by Gasteiger charge is 2.47. The van der Waals surface area contributed by atoms with Crippen LogP contribution in [0.25, 0.3) is 0 Å². The summed E-state index contributed by atoms with van der Waals surface area (Å²) in [5.74, 6) is -1.41. The number of phosphoric ester groups is 1. The molecule has 3 aliphatic heterocycles. The first-order chi connectivity index (χ1) is 17.7. The van der Waals surface area contributed by atoms with Gasteiger partial charge in [0.25, 0.3) is 5.56 Å². The number of aromatic amines is 1. The number of amides is 2. The van der Waals surface area contributed by atoms with Crippen molar-refractivity contribution in [2.75, 3.05) is 19.8 Å². The highest BCUT2D eigenvalue weighted by Crippen LogP contribution is 2.48. The molecule has 4 rings (SSSR count). The van der Waals surface area contributed by atoms with Crippen LogP contribution in [-0.2, 0) is 34.3 Å². The number of phosphoric acid groups is 1. The summed E-state index contributed by atoms with van der Waals surface area (Å²) in [5, 5.41) is 30.2. The number of hydrogen-bond acceptors (Lipinski definition) is 11. The molecule has 1 aromatic heterocycles. The Balaban J connectivity index is 1.79. The molecule has 2 amide bonds. The molecule has 8 atom stereocenters. The van der Waals surface area contributed by atoms with Gasteiger partial charge in [0.15, 0.2) is 0 Å². The van der Waals surface area contributed by atoms with Gasteiger partial charge in [-0.05, 0) is 13.3 Å². The number of nitrogens with zero attached hydrogens (tertiary/aromatic N) is 2. The summed E-state index contributed by atoms with van der Waals surface area (Å²) in [5.41, 5.74) is 1.76. The number of primary amides is 1. The predicted octanol–water partition coefficient (Wildman–Crippen LogP) is -2.18. The van der Waals surface area contributed by atoms with Crippen LogP contribution < -0.4 is 17.0 Å². The zero-order chi connectivity index (χ0) is 28.0. The molecular weight excluding hydrogens is 539 g/mol. The van der Waals surface area contributed by atoms with Gasteiger partial charge in [0, 0.05) is 31.1 Å². The molecule has 0 aliphatic carbocycles. The van der Waals surface area contributed by atoms with E-state index in [9.17, 15) is 44.0 Å². The Labute approximate surface area is 214 Å². The second-order valence-electron chi connectivity index (χ2n) is 9.72. The number of ether oxygens (including phenoxy) is 2. The van der Waals surface area contributed by atoms with Crippen LogP contribution in [0.1, 0.15) is 31.6 Å². The van der Waals surface area contributed by atoms with Gasteiger partial charge in [-0.2, -0.15) is 0 Å². The van der Waals surface area contributed by atoms with Crippen molar-refractivity contribution in [3.05, 3.63) is 32.6 Å². The van der Waals surface area contributed by atoms with E-state index in [4.69, 9.17) is 24.3 Å². The van der Waals surface area contributed by atoms with E-state index in [2.05, 4.69) is 4.98 Å². The fourth-order valence-corrected chi connectivity index (χ4v) is 5.72. The van der Waals surface area contributed by atoms with Gasteiger partial charge in [0.2, 0.25) is 0 Å². The number of urea groups is 1. The van der Waals surface area contributed by atoms with Crippen molar-refractivity contribution >= 4 is 19.8 Å². The lowest BCUT2D eigenvalue weighted by atomic mass is 9.84. The maximum atomic E-state index is 12.6. The number of H-pyrrole nitrogens is 1. The van der Waals surface area contributed by atoms with E-state index >= 15 is 0 Å². The smallest absolute Gasteiger partial charge is 0.472 e. The summed E-state index contributed by atoms with van der Waals surface area (Å²) in [7, 11) is -4.83. The van der Waals surface area contributed by atoms with E-state index in [1.807, 2.05) is 0 Å². The number of aromatic nitrogens is 2. The highest BCUT2D eigenvalue weighted by atomic mass is 31.2. The Bertz CT molecular complexity index is 1250. The SMILES string of the molecule is C[C@@]1(C(=[18O])[18OH])Cc2cn(c(=O)[nH]c2=O)[C@H]2C[C@@H](O)[C@@H](COP(=O)(O)O[C@@H]3C[C@@H](O[C@@H]3CO)N(C(N)=O)C1)O2. The Kier molecular flexibility index (Phi) is 7.84. The molecule has 4 heterocycles. The predicted molar refractivity (Wildman–Crippen MR) is 123 cm³/mol. The highest BCUT2D eigenvalue weighted by molar-refractivity contribution is 7.47. The summed E-state index contributed by atoms with van der Waals surface area (Å²) >= 11 is 0. The Morgan fingerprint density at radius 3 is 2.66 bits per heavy atom. The van der Waals surface area contributed by atoms with E-state index in [0.717, 1.165) is 15.7 Å². The molecule has 17 nitrogen and oxygen atoms in total. The minimum Gasteiger partial charge on any atom is -0.481 e. The molecule has 0 spiro atoms. The number of hydrogen-bond donors (Lipinski definition) is 6. The summed E-state index contributed by atoms with van der Waals surface area (Å²) in [6, 6.07) is -1.10. The minimum absolute atomic E-state index is 0.136. The lowest BCUT2D eigenvalue weighted by Gasteiger charge is -2.34. The molecule has 2 saturated heterocycles. The molecule has 3 aliphatic rings. The number of aliphatic hydroxyl groups excluding tert-OH is 2. The normalized spacial score (nSPS) is 38.1. The van der Waals surface area contributed by atoms with Crippen LogP contribution in [0.4, 0.5) is 4.79 Å². The van der Waals surface area contributed by atoms with Crippen LogP contribution in [0.15, 0.2) is 15.8 Å². The van der Waals surface area contributed by atoms with Crippen LogP contribution >= 0.6 is 7.82 Å². The third kappa shape index (κ3) is 5.69. The van der Waals surface area contributed by atoms with Gasteiger partial charge in [-0.3, -0.25) is 33.1 Å². The Morgan fingerprint density at radius 1 is 1.32 bits per heavy atom. The summed E-state index contributed by atoms with van der Waals surface area (Å²) in [4.78, 5) is 63.0. The molecule has 0 saturated carbocycles. The van der Waals surface area contributed by atoms with E-state index in [0.29, 0.717) is 0 Å². The number of rotatable bonds is 2. The molecule has 1 aromatic rings. The van der Waals surface area contributed by atoms with Crippen molar-refractivity contribution in [3.8, 4) is 0 Å². The number of carboxylic acids is 1. The molecule has 1 unspecified atom stereocenters. The van der Waals surface area contributed by atoms with Gasteiger partial charge in [-0.1, -0.05) is 0 Å². The van der Waals surface area contributed by atoms with Crippen molar-refractivity contribution in [1.82, 2.24) is 14.5 Å². The fourth-order valence-electron chi connectivity index (χ4n) is 4.76. The van der Waals surface area contributed by atoms with Gasteiger partial charge in [-0.15, -0.1) is 0 Å². The van der Waals surface area contributed by atoms with Crippen LogP contribution in [0.2, 0.25) is 0 Å². The van der Waals surface area contributed by atoms with Crippen LogP contribution in [0, 0.1) is 5.41 Å². The monoisotopic (exact) mass is 568 g/mol. The van der Waals surface area contributed by atoms with Crippen molar-refractivity contribution in [2.24, 2.45) is 11.1 Å². The average molecular weight is 568 g/mol. The quantitative estimate of drug-likeness (QED) is 0.164. The van der Waals surface area contributed by atoms with Crippen molar-refractivity contribution in [3.63, 3.8) is 0 Å². The van der Waals surface area contributed by atoms with Gasteiger partial charge < -0.3 is 35.4 Å². The maximum absolute atomic E-state index is 12.6. The van der Waals surface area contributed by atoms with Gasteiger partial charge >= 0.3 is 25.5 Å². The number of aliphatic carboxylic acids is 1. The van der Waals surface area contributed by atoms with E-state index in [1.165, 1.54) is 6.92 Å².